The van der Waals surface area contributed by atoms with Gasteiger partial charge >= 0.3 is 18.2 Å². The number of carbonyl (C=O) groups is 1. The second-order valence-corrected chi connectivity index (χ2v) is 7.83. The zero-order chi connectivity index (χ0) is 26.7. The molecule has 2 N–H and O–H groups in total. The summed E-state index contributed by atoms with van der Waals surface area (Å²) in [6.45, 7) is 0. The molecule has 0 saturated heterocycles. The Kier molecular flexibility index (Phi) is 6.47. The second-order valence-electron chi connectivity index (χ2n) is 7.83. The molecule has 38 heavy (non-hydrogen) atoms. The van der Waals surface area contributed by atoms with Gasteiger partial charge in [0.05, 0.1) is 42.6 Å². The summed E-state index contributed by atoms with van der Waals surface area (Å²) >= 11 is 0. The first kappa shape index (κ1) is 24.5. The molecule has 192 valence electrons. The van der Waals surface area contributed by atoms with Crippen molar-refractivity contribution in [1.29, 1.82) is 0 Å². The molecule has 0 unspecified atom stereocenters. The van der Waals surface area contributed by atoms with Crippen LogP contribution in [0.1, 0.15) is 5.56 Å². The van der Waals surface area contributed by atoms with Crippen LogP contribution < -0.4 is 20.1 Å². The Balaban J connectivity index is 1.21. The van der Waals surface area contributed by atoms with Crippen molar-refractivity contribution in [3.63, 3.8) is 0 Å². The van der Waals surface area contributed by atoms with E-state index in [0.717, 1.165) is 23.4 Å². The van der Waals surface area contributed by atoms with Gasteiger partial charge in [0.15, 0.2) is 5.65 Å². The fourth-order valence-corrected chi connectivity index (χ4v) is 3.46. The Morgan fingerprint density at radius 2 is 1.63 bits per heavy atom. The highest BCUT2D eigenvalue weighted by Gasteiger charge is 2.30. The van der Waals surface area contributed by atoms with Crippen molar-refractivity contribution in [3.05, 3.63) is 84.8 Å². The molecule has 5 rings (SSSR count). The number of anilines is 2. The maximum absolute atomic E-state index is 12.8. The largest absolute Gasteiger partial charge is 0.480 e. The lowest BCUT2D eigenvalue weighted by atomic mass is 10.1. The third-order valence-electron chi connectivity index (χ3n) is 5.24. The molecule has 2 aromatic carbocycles. The molecule has 5 aromatic rings. The monoisotopic (exact) mass is 521 g/mol. The quantitative estimate of drug-likeness (QED) is 0.297. The minimum Gasteiger partial charge on any atom is -0.480 e. The highest BCUT2D eigenvalue weighted by molar-refractivity contribution is 5.99. The van der Waals surface area contributed by atoms with Gasteiger partial charge in [-0.15, -0.1) is 5.10 Å². The van der Waals surface area contributed by atoms with Gasteiger partial charge in [0.25, 0.3) is 0 Å². The summed E-state index contributed by atoms with van der Waals surface area (Å²) in [6, 6.07) is 14.2. The number of nitrogens with one attached hydrogen (secondary N) is 2. The van der Waals surface area contributed by atoms with Gasteiger partial charge in [-0.2, -0.15) is 13.2 Å². The number of fused-ring (bicyclic) bond motifs is 1. The van der Waals surface area contributed by atoms with Gasteiger partial charge in [-0.3, -0.25) is 0 Å². The molecule has 0 aliphatic carbocycles. The van der Waals surface area contributed by atoms with Crippen molar-refractivity contribution in [2.45, 2.75) is 6.18 Å². The number of ether oxygens (including phenoxy) is 2. The Morgan fingerprint density at radius 3 is 2.34 bits per heavy atom. The maximum Gasteiger partial charge on any atom is 0.416 e. The van der Waals surface area contributed by atoms with Crippen molar-refractivity contribution in [1.82, 2.24) is 24.6 Å². The number of hydrogen-bond donors (Lipinski definition) is 2. The van der Waals surface area contributed by atoms with Gasteiger partial charge in [-0.05, 0) is 48.5 Å². The lowest BCUT2D eigenvalue weighted by molar-refractivity contribution is -0.137. The number of nitrogens with zero attached hydrogens (tertiary/aromatic N) is 5. The van der Waals surface area contributed by atoms with E-state index >= 15 is 0 Å². The van der Waals surface area contributed by atoms with Crippen LogP contribution in [-0.4, -0.2) is 37.7 Å². The third kappa shape index (κ3) is 5.46. The van der Waals surface area contributed by atoms with Gasteiger partial charge in [0.1, 0.15) is 5.75 Å². The fourth-order valence-electron chi connectivity index (χ4n) is 3.46. The Hall–Kier alpha value is -5.20. The first-order valence-corrected chi connectivity index (χ1v) is 11.0. The normalized spacial score (nSPS) is 11.3. The molecule has 0 aliphatic rings. The van der Waals surface area contributed by atoms with Crippen LogP contribution in [0, 0.1) is 0 Å². The van der Waals surface area contributed by atoms with E-state index in [1.807, 2.05) is 12.1 Å². The average Bonchev–Trinajstić information content (AvgIpc) is 3.33. The van der Waals surface area contributed by atoms with Crippen LogP contribution in [0.25, 0.3) is 16.9 Å². The van der Waals surface area contributed by atoms with Crippen LogP contribution in [0.5, 0.6) is 17.6 Å². The van der Waals surface area contributed by atoms with Crippen LogP contribution in [0.15, 0.2) is 79.3 Å². The number of alkyl halides is 3. The van der Waals surface area contributed by atoms with E-state index in [0.29, 0.717) is 17.3 Å². The molecule has 13 heteroatoms. The zero-order valence-electron chi connectivity index (χ0n) is 19.6. The van der Waals surface area contributed by atoms with Crippen LogP contribution >= 0.6 is 0 Å². The minimum absolute atomic E-state index is 0.0134. The topological polar surface area (TPSA) is 116 Å². The Labute approximate surface area is 213 Å². The van der Waals surface area contributed by atoms with E-state index in [4.69, 9.17) is 9.47 Å². The molecule has 10 nitrogen and oxygen atoms in total. The van der Waals surface area contributed by atoms with Gasteiger partial charge in [-0.25, -0.2) is 24.3 Å². The SMILES string of the molecule is COc1ccc2ncc(-c3ccc(Oc4ncc(NC(=O)Nc5cccc(C(F)(F)F)c5)cn4)cc3)n2n1. The summed E-state index contributed by atoms with van der Waals surface area (Å²) in [6.07, 6.45) is -0.201. The number of urea groups is 1. The zero-order valence-corrected chi connectivity index (χ0v) is 19.6. The number of methoxy groups -OCH3 is 1. The van der Waals surface area contributed by atoms with Crippen molar-refractivity contribution in [2.24, 2.45) is 0 Å². The van der Waals surface area contributed by atoms with E-state index < -0.39 is 17.8 Å². The molecule has 0 atom stereocenters. The first-order chi connectivity index (χ1) is 18.3. The van der Waals surface area contributed by atoms with Gasteiger partial charge in [0, 0.05) is 17.3 Å². The average molecular weight is 521 g/mol. The van der Waals surface area contributed by atoms with E-state index in [1.165, 1.54) is 31.6 Å². The highest BCUT2D eigenvalue weighted by atomic mass is 19.4. The smallest absolute Gasteiger partial charge is 0.416 e. The number of aromatic nitrogens is 5. The maximum atomic E-state index is 12.8. The first-order valence-electron chi connectivity index (χ1n) is 11.0. The lowest BCUT2D eigenvalue weighted by Gasteiger charge is -2.11. The number of amides is 2. The molecule has 3 aromatic heterocycles. The fraction of sp³-hybridized carbons (Fsp3) is 0.0800. The van der Waals surface area contributed by atoms with Crippen molar-refractivity contribution < 1.29 is 27.4 Å². The van der Waals surface area contributed by atoms with Crippen molar-refractivity contribution in [2.75, 3.05) is 17.7 Å². The van der Waals surface area contributed by atoms with Crippen LogP contribution in [-0.2, 0) is 6.18 Å². The number of rotatable bonds is 6. The van der Waals surface area contributed by atoms with Crippen molar-refractivity contribution in [3.8, 4) is 28.9 Å². The number of imidazole rings is 1. The van der Waals surface area contributed by atoms with E-state index in [-0.39, 0.29) is 17.4 Å². The molecule has 0 saturated carbocycles. The molecule has 0 fully saturated rings. The molecular weight excluding hydrogens is 503 g/mol. The summed E-state index contributed by atoms with van der Waals surface area (Å²) in [5.74, 6) is 0.927. The predicted octanol–water partition coefficient (Wildman–Crippen LogP) is 5.65. The van der Waals surface area contributed by atoms with Crippen LogP contribution in [0.3, 0.4) is 0 Å². The minimum atomic E-state index is -4.52. The highest BCUT2D eigenvalue weighted by Crippen LogP contribution is 2.31. The lowest BCUT2D eigenvalue weighted by Crippen LogP contribution is -2.20. The molecule has 0 radical (unpaired) electrons. The summed E-state index contributed by atoms with van der Waals surface area (Å²) < 4.78 is 51.1. The summed E-state index contributed by atoms with van der Waals surface area (Å²) in [5, 5.41) is 9.17. The van der Waals surface area contributed by atoms with E-state index in [9.17, 15) is 18.0 Å². The van der Waals surface area contributed by atoms with E-state index in [2.05, 4.69) is 30.7 Å². The predicted molar refractivity (Wildman–Crippen MR) is 131 cm³/mol. The summed E-state index contributed by atoms with van der Waals surface area (Å²) in [4.78, 5) is 24.6. The van der Waals surface area contributed by atoms with E-state index in [1.54, 1.807) is 35.0 Å². The Morgan fingerprint density at radius 1 is 0.895 bits per heavy atom. The standard InChI is InChI=1S/C25H18F3N7O3/c1-37-22-10-9-21-29-14-20(35(21)34-22)15-5-7-19(8-6-15)38-24-30-12-18(13-31-24)33-23(36)32-17-4-2-3-16(11-17)25(26,27)28/h2-14H,1H3,(H2,32,33,36). The van der Waals surface area contributed by atoms with Crippen LogP contribution in [0.4, 0.5) is 29.3 Å². The third-order valence-corrected chi connectivity index (χ3v) is 5.24. The van der Waals surface area contributed by atoms with Gasteiger partial charge < -0.3 is 20.1 Å². The molecule has 2 amide bonds. The number of benzene rings is 2. The van der Waals surface area contributed by atoms with Crippen molar-refractivity contribution >= 4 is 23.1 Å². The van der Waals surface area contributed by atoms with Gasteiger partial charge in [0.2, 0.25) is 5.88 Å². The molecular formula is C25H18F3N7O3. The summed E-state index contributed by atoms with van der Waals surface area (Å²) in [7, 11) is 1.54. The molecule has 3 heterocycles. The molecule has 0 spiro atoms. The molecule has 0 aliphatic heterocycles. The number of carbonyl (C=O) groups excluding carboxylic acids is 1. The second kappa shape index (κ2) is 10.0. The number of halogens is 3. The Bertz CT molecular complexity index is 1590. The van der Waals surface area contributed by atoms with Crippen LogP contribution in [0.2, 0.25) is 0 Å². The molecule has 0 bridgehead atoms. The summed E-state index contributed by atoms with van der Waals surface area (Å²) in [5.41, 5.74) is 1.61. The number of hydrogen-bond acceptors (Lipinski definition) is 7. The van der Waals surface area contributed by atoms with Gasteiger partial charge in [-0.1, -0.05) is 6.07 Å².